The minimum absolute atomic E-state index is 0.420. The molecule has 2 rings (SSSR count). The molecule has 0 unspecified atom stereocenters. The maximum atomic E-state index is 8.95. The third kappa shape index (κ3) is 2.86. The smallest absolute Gasteiger partial charge is 0.468 e. The summed E-state index contributed by atoms with van der Waals surface area (Å²) < 4.78 is 5.28. The van der Waals surface area contributed by atoms with Crippen molar-refractivity contribution in [1.29, 1.82) is 0 Å². The van der Waals surface area contributed by atoms with Crippen LogP contribution in [0.5, 0.6) is 0 Å². The lowest BCUT2D eigenvalue weighted by Crippen LogP contribution is -2.43. The summed E-state index contributed by atoms with van der Waals surface area (Å²) in [6, 6.07) is 1.70. The van der Waals surface area contributed by atoms with Gasteiger partial charge in [-0.05, 0) is 13.1 Å². The first-order chi connectivity index (χ1) is 7.65. The molecule has 1 aliphatic rings. The number of hydrogen-bond acceptors (Lipinski definition) is 5. The summed E-state index contributed by atoms with van der Waals surface area (Å²) in [5, 5.41) is 17.9. The van der Waals surface area contributed by atoms with Crippen LogP contribution in [-0.2, 0) is 6.54 Å². The van der Waals surface area contributed by atoms with E-state index in [1.54, 1.807) is 6.07 Å². The van der Waals surface area contributed by atoms with E-state index in [1.165, 1.54) is 6.26 Å². The van der Waals surface area contributed by atoms with E-state index in [-0.39, 0.29) is 0 Å². The molecule has 0 spiro atoms. The molecular formula is C10H17BN2O3. The molecule has 0 saturated carbocycles. The molecule has 1 aromatic rings. The van der Waals surface area contributed by atoms with Gasteiger partial charge in [-0.2, -0.15) is 0 Å². The second-order valence-corrected chi connectivity index (χ2v) is 4.30. The molecule has 1 fully saturated rings. The number of furan rings is 1. The van der Waals surface area contributed by atoms with Gasteiger partial charge in [-0.3, -0.25) is 4.90 Å². The highest BCUT2D eigenvalue weighted by atomic mass is 16.4. The molecule has 88 valence electrons. The molecule has 16 heavy (non-hydrogen) atoms. The second-order valence-electron chi connectivity index (χ2n) is 4.30. The third-order valence-corrected chi connectivity index (χ3v) is 2.95. The Morgan fingerprint density at radius 1 is 1.31 bits per heavy atom. The van der Waals surface area contributed by atoms with Crippen molar-refractivity contribution in [3.8, 4) is 0 Å². The normalized spacial score (nSPS) is 18.9. The largest absolute Gasteiger partial charge is 0.491 e. The van der Waals surface area contributed by atoms with Crippen LogP contribution in [0.1, 0.15) is 5.76 Å². The Hall–Kier alpha value is -0.815. The van der Waals surface area contributed by atoms with Gasteiger partial charge in [0.1, 0.15) is 5.76 Å². The Balaban J connectivity index is 1.88. The fourth-order valence-electron chi connectivity index (χ4n) is 1.84. The first kappa shape index (κ1) is 11.7. The first-order valence-corrected chi connectivity index (χ1v) is 5.49. The fourth-order valence-corrected chi connectivity index (χ4v) is 1.84. The summed E-state index contributed by atoms with van der Waals surface area (Å²) in [5.41, 5.74) is 0.420. The third-order valence-electron chi connectivity index (χ3n) is 2.95. The van der Waals surface area contributed by atoms with Crippen LogP contribution in [-0.4, -0.2) is 60.2 Å². The van der Waals surface area contributed by atoms with Crippen molar-refractivity contribution in [2.24, 2.45) is 0 Å². The van der Waals surface area contributed by atoms with Crippen LogP contribution in [0.4, 0.5) is 0 Å². The second kappa shape index (κ2) is 5.01. The van der Waals surface area contributed by atoms with Crippen LogP contribution in [0.2, 0.25) is 0 Å². The van der Waals surface area contributed by atoms with Gasteiger partial charge in [-0.1, -0.05) is 0 Å². The average molecular weight is 224 g/mol. The van der Waals surface area contributed by atoms with Crippen LogP contribution in [0.25, 0.3) is 0 Å². The van der Waals surface area contributed by atoms with Crippen molar-refractivity contribution in [3.63, 3.8) is 0 Å². The zero-order valence-electron chi connectivity index (χ0n) is 9.46. The van der Waals surface area contributed by atoms with Crippen LogP contribution in [0.3, 0.4) is 0 Å². The summed E-state index contributed by atoms with van der Waals surface area (Å²) in [6.07, 6.45) is 1.40. The Morgan fingerprint density at radius 2 is 2.00 bits per heavy atom. The maximum Gasteiger partial charge on any atom is 0.491 e. The molecule has 1 aromatic heterocycles. The molecule has 0 atom stereocenters. The number of nitrogens with zero attached hydrogens (tertiary/aromatic N) is 2. The van der Waals surface area contributed by atoms with Crippen molar-refractivity contribution in [2.75, 3.05) is 33.2 Å². The molecule has 5 nitrogen and oxygen atoms in total. The molecule has 0 amide bonds. The highest BCUT2D eigenvalue weighted by molar-refractivity contribution is 6.58. The lowest BCUT2D eigenvalue weighted by Gasteiger charge is -2.31. The summed E-state index contributed by atoms with van der Waals surface area (Å²) in [5.74, 6) is 0.785. The van der Waals surface area contributed by atoms with Crippen LogP contribution < -0.4 is 5.46 Å². The predicted molar refractivity (Wildman–Crippen MR) is 61.3 cm³/mol. The van der Waals surface area contributed by atoms with E-state index in [1.807, 2.05) is 0 Å². The minimum Gasteiger partial charge on any atom is -0.468 e. The molecule has 6 heteroatoms. The molecule has 0 bridgehead atoms. The quantitative estimate of drug-likeness (QED) is 0.625. The van der Waals surface area contributed by atoms with Gasteiger partial charge in [-0.25, -0.2) is 0 Å². The van der Waals surface area contributed by atoms with Crippen molar-refractivity contribution in [1.82, 2.24) is 9.80 Å². The van der Waals surface area contributed by atoms with E-state index in [2.05, 4.69) is 16.8 Å². The minimum atomic E-state index is -1.44. The summed E-state index contributed by atoms with van der Waals surface area (Å²) in [6.45, 7) is 4.91. The van der Waals surface area contributed by atoms with Gasteiger partial charge in [0.05, 0.1) is 12.8 Å². The van der Waals surface area contributed by atoms with Crippen LogP contribution >= 0.6 is 0 Å². The monoisotopic (exact) mass is 224 g/mol. The Labute approximate surface area is 95.4 Å². The highest BCUT2D eigenvalue weighted by Gasteiger charge is 2.18. The van der Waals surface area contributed by atoms with Crippen molar-refractivity contribution in [3.05, 3.63) is 18.1 Å². The molecule has 0 aliphatic carbocycles. The van der Waals surface area contributed by atoms with E-state index in [4.69, 9.17) is 14.5 Å². The number of hydrogen-bond donors (Lipinski definition) is 2. The van der Waals surface area contributed by atoms with Crippen molar-refractivity contribution >= 4 is 12.6 Å². The number of likely N-dealkylation sites (N-methyl/N-ethyl adjacent to an activating group) is 1. The van der Waals surface area contributed by atoms with E-state index >= 15 is 0 Å². The average Bonchev–Trinajstić information content (AvgIpc) is 2.70. The zero-order chi connectivity index (χ0) is 11.5. The molecule has 1 aliphatic heterocycles. The van der Waals surface area contributed by atoms with Crippen molar-refractivity contribution in [2.45, 2.75) is 6.54 Å². The van der Waals surface area contributed by atoms with Gasteiger partial charge >= 0.3 is 7.12 Å². The van der Waals surface area contributed by atoms with Gasteiger partial charge in [0, 0.05) is 31.6 Å². The van der Waals surface area contributed by atoms with E-state index in [0.717, 1.165) is 38.5 Å². The van der Waals surface area contributed by atoms with Gasteiger partial charge in [0.25, 0.3) is 0 Å². The van der Waals surface area contributed by atoms with Gasteiger partial charge in [0.2, 0.25) is 0 Å². The highest BCUT2D eigenvalue weighted by Crippen LogP contribution is 2.07. The molecule has 2 N–H and O–H groups in total. The number of rotatable bonds is 3. The van der Waals surface area contributed by atoms with Crippen molar-refractivity contribution < 1.29 is 14.5 Å². The standard InChI is InChI=1S/C10H17BN2O3/c1-12-2-4-13(5-3-12)7-10-6-9(8-16-10)11(14)15/h6,8,14-15H,2-5,7H2,1H3. The Bertz CT molecular complexity index is 335. The van der Waals surface area contributed by atoms with Gasteiger partial charge in [0.15, 0.2) is 0 Å². The lowest BCUT2D eigenvalue weighted by molar-refractivity contribution is 0.140. The molecular weight excluding hydrogens is 207 g/mol. The molecule has 0 radical (unpaired) electrons. The molecule has 2 heterocycles. The SMILES string of the molecule is CN1CCN(Cc2cc(B(O)O)co2)CC1. The lowest BCUT2D eigenvalue weighted by atomic mass is 9.82. The Morgan fingerprint density at radius 3 is 2.56 bits per heavy atom. The van der Waals surface area contributed by atoms with E-state index in [9.17, 15) is 0 Å². The molecule has 0 aromatic carbocycles. The Kier molecular flexibility index (Phi) is 3.65. The molecule has 1 saturated heterocycles. The maximum absolute atomic E-state index is 8.95. The van der Waals surface area contributed by atoms with Gasteiger partial charge in [-0.15, -0.1) is 0 Å². The summed E-state index contributed by atoms with van der Waals surface area (Å²) in [7, 11) is 0.676. The summed E-state index contributed by atoms with van der Waals surface area (Å²) in [4.78, 5) is 4.59. The van der Waals surface area contributed by atoms with E-state index < -0.39 is 7.12 Å². The first-order valence-electron chi connectivity index (χ1n) is 5.49. The van der Waals surface area contributed by atoms with Crippen LogP contribution in [0.15, 0.2) is 16.7 Å². The zero-order valence-corrected chi connectivity index (χ0v) is 9.46. The van der Waals surface area contributed by atoms with Crippen LogP contribution in [0, 0.1) is 0 Å². The summed E-state index contributed by atoms with van der Waals surface area (Å²) >= 11 is 0. The predicted octanol–water partition coefficient (Wildman–Crippen LogP) is -1.29. The topological polar surface area (TPSA) is 60.1 Å². The number of piperazine rings is 1. The van der Waals surface area contributed by atoms with E-state index in [0.29, 0.717) is 5.46 Å². The fraction of sp³-hybridized carbons (Fsp3) is 0.600. The van der Waals surface area contributed by atoms with Gasteiger partial charge < -0.3 is 19.4 Å².